The van der Waals surface area contributed by atoms with Crippen LogP contribution in [-0.2, 0) is 17.0 Å². The third-order valence-electron chi connectivity index (χ3n) is 11.8. The second-order valence-corrected chi connectivity index (χ2v) is 17.6. The predicted octanol–water partition coefficient (Wildman–Crippen LogP) is 14.6. The van der Waals surface area contributed by atoms with Crippen LogP contribution in [0.1, 0.15) is 69.4 Å². The first-order valence-electron chi connectivity index (χ1n) is 20.0. The van der Waals surface area contributed by atoms with Gasteiger partial charge in [-0.15, -0.1) is 0 Å². The number of fused-ring (bicyclic) bond motifs is 6. The molecule has 0 saturated carbocycles. The average Bonchev–Trinajstić information content (AvgIpc) is 3.74. The van der Waals surface area contributed by atoms with Crippen LogP contribution in [-0.4, -0.2) is 9.13 Å². The van der Waals surface area contributed by atoms with E-state index < -0.39 is 11.7 Å². The van der Waals surface area contributed by atoms with Crippen molar-refractivity contribution in [2.24, 2.45) is 0 Å². The van der Waals surface area contributed by atoms with E-state index in [1.54, 1.807) is 6.07 Å². The second kappa shape index (κ2) is 13.8. The van der Waals surface area contributed by atoms with Crippen LogP contribution < -0.4 is 0 Å². The van der Waals surface area contributed by atoms with Crippen molar-refractivity contribution < 1.29 is 13.2 Å². The highest BCUT2D eigenvalue weighted by molar-refractivity contribution is 6.12. The normalized spacial score (nSPS) is 12.4. The molecule has 0 spiro atoms. The fourth-order valence-electron chi connectivity index (χ4n) is 8.66. The zero-order valence-corrected chi connectivity index (χ0v) is 34.2. The van der Waals surface area contributed by atoms with Gasteiger partial charge in [0.05, 0.1) is 62.3 Å². The smallest absolute Gasteiger partial charge is 0.309 e. The quantitative estimate of drug-likeness (QED) is 0.178. The minimum Gasteiger partial charge on any atom is -0.309 e. The first kappa shape index (κ1) is 38.4. The van der Waals surface area contributed by atoms with Crippen molar-refractivity contribution in [3.63, 3.8) is 0 Å². The Hall–Kier alpha value is -7.09. The van der Waals surface area contributed by atoms with Crippen LogP contribution >= 0.6 is 0 Å². The summed E-state index contributed by atoms with van der Waals surface area (Å²) in [5, 5.41) is 25.5. The second-order valence-electron chi connectivity index (χ2n) is 17.6. The minimum absolute atomic E-state index is 0.0881. The van der Waals surface area contributed by atoms with Crippen LogP contribution in [0.4, 0.5) is 13.2 Å². The maximum Gasteiger partial charge on any atom is 0.416 e. The zero-order valence-electron chi connectivity index (χ0n) is 34.2. The first-order valence-corrected chi connectivity index (χ1v) is 20.0. The van der Waals surface area contributed by atoms with Crippen LogP contribution in [0.2, 0.25) is 0 Å². The molecule has 0 aliphatic carbocycles. The maximum absolute atomic E-state index is 13.9. The monoisotopic (exact) mass is 790 g/mol. The Bertz CT molecular complexity index is 3300. The van der Waals surface area contributed by atoms with Crippen molar-refractivity contribution in [2.45, 2.75) is 58.5 Å². The number of hydrogen-bond donors (Lipinski definition) is 0. The molecule has 9 aromatic rings. The van der Waals surface area contributed by atoms with Crippen molar-refractivity contribution in [2.75, 3.05) is 0 Å². The van der Waals surface area contributed by atoms with E-state index in [1.165, 1.54) is 17.2 Å². The Morgan fingerprint density at radius 2 is 0.950 bits per heavy atom. The Morgan fingerprint density at radius 3 is 1.48 bits per heavy atom. The van der Waals surface area contributed by atoms with Crippen LogP contribution in [0.5, 0.6) is 0 Å². The SMILES string of the molecule is CC(C)(C)c1ccc2c(c1)c1ccccc1n2-c1ccc(-c2ccc(C(F)(F)F)cc2C#N)cc1-c1c(C#N)cccc1-n1c2ccccc2c2cc(C(C)(C)C)ccc21. The van der Waals surface area contributed by atoms with Gasteiger partial charge in [-0.1, -0.05) is 108 Å². The average molecular weight is 791 g/mol. The van der Waals surface area contributed by atoms with Gasteiger partial charge in [0.25, 0.3) is 0 Å². The number of benzene rings is 7. The molecule has 0 amide bonds. The summed E-state index contributed by atoms with van der Waals surface area (Å²) in [6.07, 6.45) is -4.61. The van der Waals surface area contributed by atoms with Crippen LogP contribution in [0, 0.1) is 22.7 Å². The van der Waals surface area contributed by atoms with E-state index in [2.05, 4.69) is 117 Å². The van der Waals surface area contributed by atoms with Gasteiger partial charge in [-0.3, -0.25) is 0 Å². The van der Waals surface area contributed by atoms with Gasteiger partial charge in [0.2, 0.25) is 0 Å². The summed E-state index contributed by atoms with van der Waals surface area (Å²) in [4.78, 5) is 0. The van der Waals surface area contributed by atoms with E-state index in [9.17, 15) is 23.7 Å². The van der Waals surface area contributed by atoms with Gasteiger partial charge in [0.1, 0.15) is 0 Å². The fourth-order valence-corrected chi connectivity index (χ4v) is 8.66. The summed E-state index contributed by atoms with van der Waals surface area (Å²) in [6.45, 7) is 13.2. The lowest BCUT2D eigenvalue weighted by molar-refractivity contribution is -0.137. The van der Waals surface area contributed by atoms with E-state index in [-0.39, 0.29) is 16.4 Å². The molecule has 0 unspecified atom stereocenters. The van der Waals surface area contributed by atoms with Crippen molar-refractivity contribution in [1.29, 1.82) is 10.5 Å². The van der Waals surface area contributed by atoms with Gasteiger partial charge in [0, 0.05) is 32.7 Å². The molecule has 0 aliphatic rings. The van der Waals surface area contributed by atoms with E-state index >= 15 is 0 Å². The van der Waals surface area contributed by atoms with Gasteiger partial charge in [-0.2, -0.15) is 23.7 Å². The molecule has 2 aromatic heterocycles. The zero-order chi connectivity index (χ0) is 42.3. The molecule has 9 rings (SSSR count). The molecule has 0 aliphatic heterocycles. The molecule has 0 atom stereocenters. The number of hydrogen-bond acceptors (Lipinski definition) is 2. The third-order valence-corrected chi connectivity index (χ3v) is 11.8. The van der Waals surface area contributed by atoms with Gasteiger partial charge in [-0.25, -0.2) is 0 Å². The summed E-state index contributed by atoms with van der Waals surface area (Å²) in [7, 11) is 0. The standard InChI is InChI=1S/C53H41F3N4/c1-51(2,3)35-20-24-46-41(28-35)39-13-7-9-15-44(39)59(46)48-23-18-32(38-22-19-37(53(54,55)56)26-34(38)31-58)27-43(48)50-33(30-57)12-11-17-49(50)60-45-16-10-8-14-40(45)42-29-36(52(4,5)6)21-25-47(42)60/h7-29H,1-6H3. The van der Waals surface area contributed by atoms with Crippen molar-refractivity contribution >= 4 is 43.6 Å². The summed E-state index contributed by atoms with van der Waals surface area (Å²) in [5.74, 6) is 0. The van der Waals surface area contributed by atoms with Crippen LogP contribution in [0.25, 0.3) is 77.2 Å². The Labute approximate surface area is 347 Å². The molecule has 0 radical (unpaired) electrons. The molecule has 2 heterocycles. The summed E-state index contributed by atoms with van der Waals surface area (Å²) < 4.78 is 46.1. The van der Waals surface area contributed by atoms with Gasteiger partial charge in [0.15, 0.2) is 0 Å². The Kier molecular flexibility index (Phi) is 8.81. The lowest BCUT2D eigenvalue weighted by Gasteiger charge is -2.22. The molecule has 0 fully saturated rings. The minimum atomic E-state index is -4.61. The number of halogens is 3. The van der Waals surface area contributed by atoms with E-state index in [0.29, 0.717) is 27.8 Å². The third kappa shape index (κ3) is 6.21. The maximum atomic E-state index is 13.9. The lowest BCUT2D eigenvalue weighted by Crippen LogP contribution is -2.10. The molecule has 7 heteroatoms. The summed E-state index contributed by atoms with van der Waals surface area (Å²) in [5.41, 5.74) is 9.30. The van der Waals surface area contributed by atoms with Crippen LogP contribution in [0.3, 0.4) is 0 Å². The Balaban J connectivity index is 1.42. The summed E-state index contributed by atoms with van der Waals surface area (Å²) in [6, 6.07) is 48.9. The molecule has 0 saturated heterocycles. The molecule has 7 aromatic carbocycles. The van der Waals surface area contributed by atoms with Crippen molar-refractivity contribution in [3.05, 3.63) is 167 Å². The molecular weight excluding hydrogens is 750 g/mol. The molecule has 294 valence electrons. The molecule has 0 N–H and O–H groups in total. The lowest BCUT2D eigenvalue weighted by atomic mass is 9.86. The fraction of sp³-hybridized carbons (Fsp3) is 0.170. The number of rotatable bonds is 4. The van der Waals surface area contributed by atoms with E-state index in [0.717, 1.165) is 67.1 Å². The van der Waals surface area contributed by atoms with Gasteiger partial charge >= 0.3 is 6.18 Å². The highest BCUT2D eigenvalue weighted by Crippen LogP contribution is 2.45. The number of alkyl halides is 3. The largest absolute Gasteiger partial charge is 0.416 e. The molecule has 60 heavy (non-hydrogen) atoms. The van der Waals surface area contributed by atoms with Gasteiger partial charge < -0.3 is 9.13 Å². The number of aromatic nitrogens is 2. The molecule has 4 nitrogen and oxygen atoms in total. The van der Waals surface area contributed by atoms with Crippen LogP contribution in [0.15, 0.2) is 140 Å². The van der Waals surface area contributed by atoms with Crippen molar-refractivity contribution in [1.82, 2.24) is 9.13 Å². The van der Waals surface area contributed by atoms with Gasteiger partial charge in [-0.05, 0) is 106 Å². The number of nitrogens with zero attached hydrogens (tertiary/aromatic N) is 4. The Morgan fingerprint density at radius 1 is 0.433 bits per heavy atom. The number of nitriles is 2. The van der Waals surface area contributed by atoms with Crippen molar-refractivity contribution in [3.8, 4) is 45.8 Å². The molecule has 0 bridgehead atoms. The predicted molar refractivity (Wildman–Crippen MR) is 238 cm³/mol. The highest BCUT2D eigenvalue weighted by Gasteiger charge is 2.32. The number of para-hydroxylation sites is 2. The summed E-state index contributed by atoms with van der Waals surface area (Å²) >= 11 is 0. The topological polar surface area (TPSA) is 57.4 Å². The van der Waals surface area contributed by atoms with E-state index in [4.69, 9.17) is 0 Å². The highest BCUT2D eigenvalue weighted by atomic mass is 19.4. The first-order chi connectivity index (χ1) is 28.6. The van der Waals surface area contributed by atoms with E-state index in [1.807, 2.05) is 60.7 Å². The molecular formula is C53H41F3N4.